The van der Waals surface area contributed by atoms with E-state index in [-0.39, 0.29) is 17.5 Å². The van der Waals surface area contributed by atoms with Gasteiger partial charge in [0.15, 0.2) is 5.16 Å². The van der Waals surface area contributed by atoms with Crippen LogP contribution < -0.4 is 0 Å². The van der Waals surface area contributed by atoms with Crippen molar-refractivity contribution >= 4 is 17.7 Å². The number of amides is 1. The monoisotopic (exact) mass is 398 g/mol. The van der Waals surface area contributed by atoms with Crippen molar-refractivity contribution in [2.24, 2.45) is 0 Å². The Hall–Kier alpha value is -2.67. The van der Waals surface area contributed by atoms with E-state index in [9.17, 15) is 9.18 Å². The number of rotatable bonds is 8. The van der Waals surface area contributed by atoms with Crippen molar-refractivity contribution in [1.29, 1.82) is 0 Å². The molecule has 0 aliphatic rings. The molecule has 3 aromatic rings. The third-order valence-corrected chi connectivity index (χ3v) is 5.35. The zero-order valence-corrected chi connectivity index (χ0v) is 16.8. The van der Waals surface area contributed by atoms with Crippen molar-refractivity contribution in [3.8, 4) is 0 Å². The third-order valence-electron chi connectivity index (χ3n) is 4.40. The van der Waals surface area contributed by atoms with Crippen LogP contribution in [0.1, 0.15) is 23.9 Å². The maximum atomic E-state index is 13.0. The van der Waals surface area contributed by atoms with Gasteiger partial charge in [-0.25, -0.2) is 4.39 Å². The maximum Gasteiger partial charge on any atom is 0.233 e. The Kier molecular flexibility index (Phi) is 6.81. The fourth-order valence-electron chi connectivity index (χ4n) is 2.84. The van der Waals surface area contributed by atoms with Crippen molar-refractivity contribution in [2.75, 3.05) is 12.8 Å². The van der Waals surface area contributed by atoms with Gasteiger partial charge in [0.2, 0.25) is 5.91 Å². The summed E-state index contributed by atoms with van der Waals surface area (Å²) >= 11 is 1.39. The molecule has 0 unspecified atom stereocenters. The number of halogens is 1. The Morgan fingerprint density at radius 1 is 1.07 bits per heavy atom. The number of nitrogens with zero attached hydrogens (tertiary/aromatic N) is 4. The van der Waals surface area contributed by atoms with Gasteiger partial charge in [0, 0.05) is 26.6 Å². The van der Waals surface area contributed by atoms with Crippen molar-refractivity contribution in [3.63, 3.8) is 0 Å². The van der Waals surface area contributed by atoms with E-state index in [1.165, 1.54) is 29.5 Å². The Morgan fingerprint density at radius 3 is 2.46 bits per heavy atom. The number of carbonyl (C=O) groups is 1. The first-order chi connectivity index (χ1) is 13.6. The van der Waals surface area contributed by atoms with Crippen molar-refractivity contribution < 1.29 is 9.18 Å². The number of thioether (sulfide) groups is 1. The van der Waals surface area contributed by atoms with Crippen molar-refractivity contribution in [1.82, 2.24) is 19.7 Å². The predicted octanol–water partition coefficient (Wildman–Crippen LogP) is 3.78. The van der Waals surface area contributed by atoms with Gasteiger partial charge in [-0.05, 0) is 30.2 Å². The fourth-order valence-corrected chi connectivity index (χ4v) is 3.80. The lowest BCUT2D eigenvalue weighted by Crippen LogP contribution is -2.27. The highest BCUT2D eigenvalue weighted by molar-refractivity contribution is 7.99. The summed E-state index contributed by atoms with van der Waals surface area (Å²) in [5.74, 6) is 0.882. The lowest BCUT2D eigenvalue weighted by atomic mass is 10.1. The summed E-state index contributed by atoms with van der Waals surface area (Å²) in [5, 5.41) is 9.33. The highest BCUT2D eigenvalue weighted by atomic mass is 32.2. The molecular weight excluding hydrogens is 375 g/mol. The molecule has 0 bridgehead atoms. The van der Waals surface area contributed by atoms with Crippen LogP contribution in [-0.2, 0) is 24.3 Å². The minimum atomic E-state index is -0.279. The Balaban J connectivity index is 1.59. The van der Waals surface area contributed by atoms with Crippen molar-refractivity contribution in [2.45, 2.75) is 31.6 Å². The fraction of sp³-hybridized carbons (Fsp3) is 0.286. The van der Waals surface area contributed by atoms with Gasteiger partial charge in [0.05, 0.1) is 5.75 Å². The van der Waals surface area contributed by atoms with Crippen molar-refractivity contribution in [3.05, 3.63) is 77.4 Å². The van der Waals surface area contributed by atoms with Gasteiger partial charge in [-0.1, -0.05) is 54.2 Å². The molecule has 1 amide bonds. The minimum absolute atomic E-state index is 0.00964. The van der Waals surface area contributed by atoms with Crippen LogP contribution in [0.5, 0.6) is 0 Å². The van der Waals surface area contributed by atoms with Crippen LogP contribution in [0.4, 0.5) is 4.39 Å². The lowest BCUT2D eigenvalue weighted by molar-refractivity contribution is -0.127. The second kappa shape index (κ2) is 9.50. The van der Waals surface area contributed by atoms with Crippen LogP contribution in [0.2, 0.25) is 0 Å². The summed E-state index contributed by atoms with van der Waals surface area (Å²) < 4.78 is 15.0. The number of hydrogen-bond acceptors (Lipinski definition) is 4. The summed E-state index contributed by atoms with van der Waals surface area (Å²) in [6.45, 7) is 3.24. The highest BCUT2D eigenvalue weighted by Crippen LogP contribution is 2.19. The van der Waals surface area contributed by atoms with E-state index in [0.717, 1.165) is 23.1 Å². The number of aromatic nitrogens is 3. The van der Waals surface area contributed by atoms with E-state index in [0.29, 0.717) is 13.0 Å². The summed E-state index contributed by atoms with van der Waals surface area (Å²) in [5.41, 5.74) is 2.07. The molecule has 0 N–H and O–H groups in total. The van der Waals surface area contributed by atoms with Gasteiger partial charge in [-0.3, -0.25) is 4.79 Å². The lowest BCUT2D eigenvalue weighted by Gasteiger charge is -2.17. The topological polar surface area (TPSA) is 51.0 Å². The summed E-state index contributed by atoms with van der Waals surface area (Å²) in [4.78, 5) is 14.1. The first kappa shape index (κ1) is 20.1. The predicted molar refractivity (Wildman–Crippen MR) is 109 cm³/mol. The van der Waals surface area contributed by atoms with Gasteiger partial charge in [0.1, 0.15) is 11.6 Å². The smallest absolute Gasteiger partial charge is 0.233 e. The molecule has 0 saturated carbocycles. The molecule has 0 radical (unpaired) electrons. The molecular formula is C21H23FN4OS. The standard InChI is InChI=1S/C21H23FN4OS/c1-3-26-19(13-16-7-5-4-6-8-16)23-24-21(26)28-15-20(27)25(2)14-17-9-11-18(22)12-10-17/h4-12H,3,13-15H2,1-2H3. The molecule has 0 aliphatic heterocycles. The Morgan fingerprint density at radius 2 is 1.79 bits per heavy atom. The molecule has 0 spiro atoms. The molecule has 7 heteroatoms. The quantitative estimate of drug-likeness (QED) is 0.542. The Labute approximate surface area is 168 Å². The molecule has 0 saturated heterocycles. The van der Waals surface area contributed by atoms with Crippen LogP contribution in [0, 0.1) is 5.82 Å². The molecule has 0 atom stereocenters. The number of benzene rings is 2. The first-order valence-corrected chi connectivity index (χ1v) is 10.1. The number of carbonyl (C=O) groups excluding carboxylic acids is 1. The summed E-state index contributed by atoms with van der Waals surface area (Å²) in [7, 11) is 1.75. The van der Waals surface area contributed by atoms with E-state index in [4.69, 9.17) is 0 Å². The van der Waals surface area contributed by atoms with Gasteiger partial charge < -0.3 is 9.47 Å². The minimum Gasteiger partial charge on any atom is -0.341 e. The van der Waals surface area contributed by atoms with Crippen LogP contribution in [0.25, 0.3) is 0 Å². The second-order valence-corrected chi connectivity index (χ2v) is 7.41. The van der Waals surface area contributed by atoms with Crippen LogP contribution in [0.15, 0.2) is 59.8 Å². The van der Waals surface area contributed by atoms with E-state index in [1.54, 1.807) is 24.1 Å². The van der Waals surface area contributed by atoms with E-state index in [2.05, 4.69) is 22.3 Å². The van der Waals surface area contributed by atoms with E-state index in [1.807, 2.05) is 29.7 Å². The zero-order chi connectivity index (χ0) is 19.9. The summed E-state index contributed by atoms with van der Waals surface area (Å²) in [6, 6.07) is 16.3. The molecule has 0 aliphatic carbocycles. The summed E-state index contributed by atoms with van der Waals surface area (Å²) in [6.07, 6.45) is 0.709. The van der Waals surface area contributed by atoms with E-state index < -0.39 is 0 Å². The highest BCUT2D eigenvalue weighted by Gasteiger charge is 2.15. The molecule has 146 valence electrons. The van der Waals surface area contributed by atoms with Gasteiger partial charge >= 0.3 is 0 Å². The largest absolute Gasteiger partial charge is 0.341 e. The van der Waals surface area contributed by atoms with Gasteiger partial charge in [-0.2, -0.15) is 0 Å². The second-order valence-electron chi connectivity index (χ2n) is 6.47. The van der Waals surface area contributed by atoms with Crippen LogP contribution >= 0.6 is 11.8 Å². The zero-order valence-electron chi connectivity index (χ0n) is 16.0. The SMILES string of the molecule is CCn1c(Cc2ccccc2)nnc1SCC(=O)N(C)Cc1ccc(F)cc1. The van der Waals surface area contributed by atoms with Gasteiger partial charge in [-0.15, -0.1) is 10.2 Å². The maximum absolute atomic E-state index is 13.0. The molecule has 2 aromatic carbocycles. The third kappa shape index (κ3) is 5.19. The van der Waals surface area contributed by atoms with E-state index >= 15 is 0 Å². The van der Waals surface area contributed by atoms with Crippen LogP contribution in [-0.4, -0.2) is 38.4 Å². The Bertz CT molecular complexity index is 912. The normalized spacial score (nSPS) is 10.8. The molecule has 28 heavy (non-hydrogen) atoms. The number of hydrogen-bond donors (Lipinski definition) is 0. The van der Waals surface area contributed by atoms with Gasteiger partial charge in [0.25, 0.3) is 0 Å². The van der Waals surface area contributed by atoms with Crippen LogP contribution in [0.3, 0.4) is 0 Å². The average molecular weight is 399 g/mol. The molecule has 1 aromatic heterocycles. The first-order valence-electron chi connectivity index (χ1n) is 9.14. The molecule has 5 nitrogen and oxygen atoms in total. The molecule has 0 fully saturated rings. The average Bonchev–Trinajstić information content (AvgIpc) is 3.10. The molecule has 1 heterocycles. The molecule has 3 rings (SSSR count).